The molecule has 0 atom stereocenters. The Bertz CT molecular complexity index is 777. The van der Waals surface area contributed by atoms with E-state index in [1.807, 2.05) is 43.8 Å². The summed E-state index contributed by atoms with van der Waals surface area (Å²) in [5.74, 6) is 1.71. The van der Waals surface area contributed by atoms with Gasteiger partial charge in [0.1, 0.15) is 17.5 Å². The van der Waals surface area contributed by atoms with Crippen LogP contribution in [0.2, 0.25) is 0 Å². The third-order valence-electron chi connectivity index (χ3n) is 3.70. The molecule has 0 aliphatic heterocycles. The van der Waals surface area contributed by atoms with Crippen molar-refractivity contribution in [3.63, 3.8) is 0 Å². The summed E-state index contributed by atoms with van der Waals surface area (Å²) in [4.78, 5) is 22.8. The van der Waals surface area contributed by atoms with Crippen LogP contribution in [-0.4, -0.2) is 54.6 Å². The molecule has 0 aromatic carbocycles. The average Bonchev–Trinajstić information content (AvgIpc) is 3.37. The van der Waals surface area contributed by atoms with Gasteiger partial charge in [0.2, 0.25) is 11.1 Å². The number of amides is 1. The zero-order chi connectivity index (χ0) is 24.0. The van der Waals surface area contributed by atoms with Crippen LogP contribution in [0.1, 0.15) is 41.5 Å². The van der Waals surface area contributed by atoms with Gasteiger partial charge in [-0.05, 0) is 53.1 Å². The minimum absolute atomic E-state index is 0.00687. The maximum atomic E-state index is 11.7. The molecule has 1 N–H and O–H groups in total. The molecule has 176 valence electrons. The first-order chi connectivity index (χ1) is 14.6. The lowest BCUT2D eigenvalue weighted by Gasteiger charge is -2.26. The second-order valence-corrected chi connectivity index (χ2v) is 7.77. The molecule has 0 unspecified atom stereocenters. The minimum Gasteiger partial charge on any atom is -0.368 e. The van der Waals surface area contributed by atoms with Crippen LogP contribution < -0.4 is 10.2 Å². The summed E-state index contributed by atoms with van der Waals surface area (Å²) in [6, 6.07) is 4.37. The van der Waals surface area contributed by atoms with Crippen LogP contribution >= 0.6 is 34.8 Å². The second-order valence-electron chi connectivity index (χ2n) is 6.82. The first-order valence-corrected chi connectivity index (χ1v) is 11.5. The standard InChI is InChI=1S/C10H16ClN3O.C8H15N3.C2H2Cl2O/c1-4-13-9(5-6-12-13)14(8(2)3)10(15)7-11;1-4-11-8(5-6-9-11)10-7(2)3;3-1-2(4)5/h5-6,8H,4,7H2,1-3H3;5-7,10H,4H2,1-3H3;1H2. The highest BCUT2D eigenvalue weighted by Gasteiger charge is 2.20. The largest absolute Gasteiger partial charge is 0.368 e. The summed E-state index contributed by atoms with van der Waals surface area (Å²) < 4.78 is 3.73. The van der Waals surface area contributed by atoms with Crippen molar-refractivity contribution in [2.45, 2.75) is 66.7 Å². The van der Waals surface area contributed by atoms with Gasteiger partial charge in [-0.3, -0.25) is 19.2 Å². The lowest BCUT2D eigenvalue weighted by atomic mass is 10.3. The smallest absolute Gasteiger partial charge is 0.243 e. The maximum Gasteiger partial charge on any atom is 0.243 e. The molecule has 0 fully saturated rings. The predicted molar refractivity (Wildman–Crippen MR) is 129 cm³/mol. The van der Waals surface area contributed by atoms with E-state index in [1.165, 1.54) is 0 Å². The third kappa shape index (κ3) is 10.9. The van der Waals surface area contributed by atoms with Gasteiger partial charge in [-0.25, -0.2) is 4.68 Å². The van der Waals surface area contributed by atoms with Gasteiger partial charge in [0.15, 0.2) is 0 Å². The molecular weight excluding hydrogens is 463 g/mol. The quantitative estimate of drug-likeness (QED) is 0.427. The Morgan fingerprint density at radius 3 is 1.94 bits per heavy atom. The zero-order valence-corrected chi connectivity index (χ0v) is 21.2. The molecular formula is C20H33Cl3N6O2. The fraction of sp³-hybridized carbons (Fsp3) is 0.600. The molecule has 31 heavy (non-hydrogen) atoms. The van der Waals surface area contributed by atoms with Crippen LogP contribution in [0.3, 0.4) is 0 Å². The fourth-order valence-electron chi connectivity index (χ4n) is 2.52. The molecule has 11 heteroatoms. The van der Waals surface area contributed by atoms with Crippen molar-refractivity contribution < 1.29 is 9.59 Å². The predicted octanol–water partition coefficient (Wildman–Crippen LogP) is 4.60. The van der Waals surface area contributed by atoms with Gasteiger partial charge < -0.3 is 5.32 Å². The van der Waals surface area contributed by atoms with E-state index in [2.05, 4.69) is 36.3 Å². The zero-order valence-electron chi connectivity index (χ0n) is 19.0. The van der Waals surface area contributed by atoms with E-state index in [9.17, 15) is 9.59 Å². The van der Waals surface area contributed by atoms with Gasteiger partial charge in [-0.1, -0.05) is 0 Å². The molecule has 2 heterocycles. The molecule has 0 aliphatic carbocycles. The highest BCUT2D eigenvalue weighted by atomic mass is 35.5. The number of hydrogen-bond donors (Lipinski definition) is 1. The lowest BCUT2D eigenvalue weighted by Crippen LogP contribution is -2.39. The summed E-state index contributed by atoms with van der Waals surface area (Å²) in [6.45, 7) is 13.9. The van der Waals surface area contributed by atoms with Crippen LogP contribution in [0.25, 0.3) is 0 Å². The van der Waals surface area contributed by atoms with Gasteiger partial charge in [-0.2, -0.15) is 10.2 Å². The normalized spacial score (nSPS) is 10.2. The number of carbonyl (C=O) groups excluding carboxylic acids is 2. The van der Waals surface area contributed by atoms with E-state index in [1.54, 1.807) is 15.8 Å². The van der Waals surface area contributed by atoms with Crippen LogP contribution in [0, 0.1) is 0 Å². The summed E-state index contributed by atoms with van der Waals surface area (Å²) in [5.41, 5.74) is 0. The SMILES string of the molecule is CCn1nccc1N(C(=O)CCl)C(C)C.CCn1nccc1NC(C)C.O=C(Cl)CCl. The average molecular weight is 496 g/mol. The van der Waals surface area contributed by atoms with Crippen molar-refractivity contribution in [2.75, 3.05) is 22.0 Å². The Hall–Kier alpha value is -1.77. The molecule has 1 amide bonds. The van der Waals surface area contributed by atoms with E-state index in [-0.39, 0.29) is 23.7 Å². The van der Waals surface area contributed by atoms with Gasteiger partial charge in [0.25, 0.3) is 0 Å². The number of rotatable bonds is 8. The van der Waals surface area contributed by atoms with E-state index in [0.29, 0.717) is 6.04 Å². The molecule has 0 saturated carbocycles. The number of aromatic nitrogens is 4. The van der Waals surface area contributed by atoms with Gasteiger partial charge in [0.05, 0.1) is 18.3 Å². The minimum atomic E-state index is -0.508. The molecule has 8 nitrogen and oxygen atoms in total. The van der Waals surface area contributed by atoms with E-state index in [4.69, 9.17) is 34.8 Å². The summed E-state index contributed by atoms with van der Waals surface area (Å²) in [5, 5.41) is 11.1. The van der Waals surface area contributed by atoms with Gasteiger partial charge >= 0.3 is 0 Å². The summed E-state index contributed by atoms with van der Waals surface area (Å²) >= 11 is 15.1. The first kappa shape index (κ1) is 29.2. The molecule has 0 aliphatic rings. The Morgan fingerprint density at radius 1 is 1.00 bits per heavy atom. The molecule has 0 bridgehead atoms. The molecule has 0 saturated heterocycles. The Balaban J connectivity index is 0.000000492. The lowest BCUT2D eigenvalue weighted by molar-refractivity contribution is -0.116. The van der Waals surface area contributed by atoms with Crippen molar-refractivity contribution in [1.29, 1.82) is 0 Å². The molecule has 0 radical (unpaired) electrons. The number of nitrogens with one attached hydrogen (secondary N) is 1. The van der Waals surface area contributed by atoms with Crippen molar-refractivity contribution in [1.82, 2.24) is 19.6 Å². The molecule has 0 spiro atoms. The topological polar surface area (TPSA) is 85.1 Å². The fourth-order valence-corrected chi connectivity index (χ4v) is 2.65. The second kappa shape index (κ2) is 15.9. The highest BCUT2D eigenvalue weighted by Crippen LogP contribution is 2.17. The maximum absolute atomic E-state index is 11.7. The van der Waals surface area contributed by atoms with E-state index in [0.717, 1.165) is 24.7 Å². The number of aryl methyl sites for hydroxylation is 2. The van der Waals surface area contributed by atoms with Crippen LogP contribution in [-0.2, 0) is 22.7 Å². The monoisotopic (exact) mass is 494 g/mol. The Morgan fingerprint density at radius 2 is 1.52 bits per heavy atom. The van der Waals surface area contributed by atoms with E-state index >= 15 is 0 Å². The van der Waals surface area contributed by atoms with Crippen molar-refractivity contribution in [3.8, 4) is 0 Å². The van der Waals surface area contributed by atoms with Crippen LogP contribution in [0.5, 0.6) is 0 Å². The van der Waals surface area contributed by atoms with E-state index < -0.39 is 5.24 Å². The van der Waals surface area contributed by atoms with Crippen molar-refractivity contribution in [3.05, 3.63) is 24.5 Å². The summed E-state index contributed by atoms with van der Waals surface area (Å²) in [6.07, 6.45) is 3.50. The number of halogens is 3. The van der Waals surface area contributed by atoms with Crippen molar-refractivity contribution in [2.24, 2.45) is 0 Å². The number of hydrogen-bond acceptors (Lipinski definition) is 5. The Kier molecular flexibility index (Phi) is 15.0. The number of alkyl halides is 2. The number of carbonyl (C=O) groups is 2. The molecule has 2 aromatic heterocycles. The highest BCUT2D eigenvalue weighted by molar-refractivity contribution is 6.67. The van der Waals surface area contributed by atoms with Crippen LogP contribution in [0.4, 0.5) is 11.6 Å². The summed E-state index contributed by atoms with van der Waals surface area (Å²) in [7, 11) is 0. The first-order valence-electron chi connectivity index (χ1n) is 10.0. The van der Waals surface area contributed by atoms with Crippen LogP contribution in [0.15, 0.2) is 24.5 Å². The Labute approximate surface area is 199 Å². The van der Waals surface area contributed by atoms with Crippen molar-refractivity contribution >= 4 is 57.6 Å². The number of nitrogens with zero attached hydrogens (tertiary/aromatic N) is 5. The number of anilines is 2. The molecule has 2 rings (SSSR count). The molecule has 2 aromatic rings. The van der Waals surface area contributed by atoms with Gasteiger partial charge in [0, 0.05) is 37.3 Å². The van der Waals surface area contributed by atoms with Gasteiger partial charge in [-0.15, -0.1) is 23.2 Å². The third-order valence-corrected chi connectivity index (χ3v) is 4.44.